The summed E-state index contributed by atoms with van der Waals surface area (Å²) in [5.41, 5.74) is 4.13. The van der Waals surface area contributed by atoms with E-state index in [1.807, 2.05) is 6.07 Å². The van der Waals surface area contributed by atoms with Crippen LogP contribution in [0.4, 0.5) is 10.2 Å². The summed E-state index contributed by atoms with van der Waals surface area (Å²) in [7, 11) is 0. The highest BCUT2D eigenvalue weighted by Crippen LogP contribution is 2.27. The molecule has 142 valence electrons. The number of hydrogen-bond acceptors (Lipinski definition) is 3. The lowest BCUT2D eigenvalue weighted by atomic mass is 10.0. The first-order valence-electron chi connectivity index (χ1n) is 9.15. The van der Waals surface area contributed by atoms with E-state index in [0.29, 0.717) is 29.4 Å². The van der Waals surface area contributed by atoms with Crippen molar-refractivity contribution >= 4 is 27.4 Å². The van der Waals surface area contributed by atoms with Crippen LogP contribution in [-0.4, -0.2) is 14.6 Å². The van der Waals surface area contributed by atoms with Gasteiger partial charge in [-0.1, -0.05) is 50.2 Å². The molecule has 0 unspecified atom stereocenters. The van der Waals surface area contributed by atoms with Gasteiger partial charge in [-0.3, -0.25) is 0 Å². The van der Waals surface area contributed by atoms with Crippen LogP contribution < -0.4 is 5.32 Å². The van der Waals surface area contributed by atoms with E-state index in [-0.39, 0.29) is 5.82 Å². The number of halogens is 2. The van der Waals surface area contributed by atoms with Crippen LogP contribution in [0.3, 0.4) is 0 Å². The maximum Gasteiger partial charge on any atom is 0.172 e. The molecule has 0 atom stereocenters. The minimum atomic E-state index is -0.301. The molecule has 0 radical (unpaired) electrons. The molecule has 0 bridgehead atoms. The number of rotatable bonds is 5. The number of fused-ring (bicyclic) bond motifs is 1. The van der Waals surface area contributed by atoms with Crippen molar-refractivity contribution in [3.63, 3.8) is 0 Å². The number of benzene rings is 2. The fraction of sp³-hybridized carbons (Fsp3) is 0.182. The van der Waals surface area contributed by atoms with Gasteiger partial charge in [0.15, 0.2) is 5.65 Å². The third-order valence-electron chi connectivity index (χ3n) is 4.70. The normalized spacial score (nSPS) is 11.3. The molecule has 4 nitrogen and oxygen atoms in total. The second kappa shape index (κ2) is 7.72. The van der Waals surface area contributed by atoms with Gasteiger partial charge in [-0.05, 0) is 45.1 Å². The largest absolute Gasteiger partial charge is 0.366 e. The van der Waals surface area contributed by atoms with Gasteiger partial charge in [-0.2, -0.15) is 9.61 Å². The first kappa shape index (κ1) is 18.6. The zero-order valence-electron chi connectivity index (χ0n) is 15.7. The molecular weight excluding hydrogens is 419 g/mol. The van der Waals surface area contributed by atoms with Crippen LogP contribution in [0.15, 0.2) is 65.3 Å². The van der Waals surface area contributed by atoms with Crippen molar-refractivity contribution < 1.29 is 4.39 Å². The average molecular weight is 439 g/mol. The van der Waals surface area contributed by atoms with Gasteiger partial charge in [0.25, 0.3) is 0 Å². The standard InChI is InChI=1S/C22H20BrFN4/c1-14(2)16-9-7-15(8-10-16)12-25-21-11-20(17-5-3-4-6-19(17)24)27-22-18(23)13-26-28(21)22/h3-11,13-14,25H,12H2,1-2H3. The zero-order valence-corrected chi connectivity index (χ0v) is 17.2. The first-order chi connectivity index (χ1) is 13.5. The Kier molecular flexibility index (Phi) is 5.13. The van der Waals surface area contributed by atoms with Crippen LogP contribution >= 0.6 is 15.9 Å². The van der Waals surface area contributed by atoms with Crippen molar-refractivity contribution in [1.29, 1.82) is 0 Å². The highest BCUT2D eigenvalue weighted by molar-refractivity contribution is 9.10. The number of nitrogens with one attached hydrogen (secondary N) is 1. The van der Waals surface area contributed by atoms with Gasteiger partial charge in [0.1, 0.15) is 11.6 Å². The Morgan fingerprint density at radius 1 is 1.11 bits per heavy atom. The van der Waals surface area contributed by atoms with Crippen molar-refractivity contribution in [2.75, 3.05) is 5.32 Å². The fourth-order valence-corrected chi connectivity index (χ4v) is 3.43. The van der Waals surface area contributed by atoms with Gasteiger partial charge in [0.05, 0.1) is 16.4 Å². The van der Waals surface area contributed by atoms with Gasteiger partial charge in [-0.25, -0.2) is 9.37 Å². The molecule has 4 rings (SSSR count). The van der Waals surface area contributed by atoms with Crippen LogP contribution in [0.5, 0.6) is 0 Å². The molecule has 0 spiro atoms. The predicted octanol–water partition coefficient (Wildman–Crippen LogP) is 6.03. The molecule has 0 fully saturated rings. The molecule has 2 heterocycles. The quantitative estimate of drug-likeness (QED) is 0.413. The second-order valence-electron chi connectivity index (χ2n) is 6.98. The average Bonchev–Trinajstić information content (AvgIpc) is 3.08. The maximum atomic E-state index is 14.3. The molecule has 6 heteroatoms. The predicted molar refractivity (Wildman–Crippen MR) is 114 cm³/mol. The SMILES string of the molecule is CC(C)c1ccc(CNc2cc(-c3ccccc3F)nc3c(Br)cnn23)cc1. The lowest BCUT2D eigenvalue weighted by Gasteiger charge is -2.12. The smallest absolute Gasteiger partial charge is 0.172 e. The maximum absolute atomic E-state index is 14.3. The summed E-state index contributed by atoms with van der Waals surface area (Å²) in [5, 5.41) is 7.79. The van der Waals surface area contributed by atoms with E-state index in [0.717, 1.165) is 15.9 Å². The molecule has 0 saturated carbocycles. The lowest BCUT2D eigenvalue weighted by molar-refractivity contribution is 0.630. The molecule has 0 saturated heterocycles. The lowest BCUT2D eigenvalue weighted by Crippen LogP contribution is -2.07. The Morgan fingerprint density at radius 3 is 2.57 bits per heavy atom. The molecule has 28 heavy (non-hydrogen) atoms. The van der Waals surface area contributed by atoms with E-state index in [1.54, 1.807) is 28.9 Å². The first-order valence-corrected chi connectivity index (χ1v) is 9.94. The highest BCUT2D eigenvalue weighted by atomic mass is 79.9. The van der Waals surface area contributed by atoms with E-state index in [9.17, 15) is 4.39 Å². The number of hydrogen-bond donors (Lipinski definition) is 1. The molecule has 0 amide bonds. The van der Waals surface area contributed by atoms with Crippen LogP contribution in [0, 0.1) is 5.82 Å². The van der Waals surface area contributed by atoms with Crippen molar-refractivity contribution in [3.05, 3.63) is 82.2 Å². The van der Waals surface area contributed by atoms with Gasteiger partial charge in [0, 0.05) is 18.2 Å². The summed E-state index contributed by atoms with van der Waals surface area (Å²) in [4.78, 5) is 4.59. The molecule has 0 aliphatic rings. The summed E-state index contributed by atoms with van der Waals surface area (Å²) >= 11 is 3.48. The van der Waals surface area contributed by atoms with Crippen molar-refractivity contribution in [1.82, 2.24) is 14.6 Å². The molecule has 0 aliphatic heterocycles. The summed E-state index contributed by atoms with van der Waals surface area (Å²) < 4.78 is 16.8. The Labute approximate surface area is 171 Å². The van der Waals surface area contributed by atoms with Crippen LogP contribution in [0.2, 0.25) is 0 Å². The highest BCUT2D eigenvalue weighted by Gasteiger charge is 2.13. The molecule has 4 aromatic rings. The van der Waals surface area contributed by atoms with Crippen LogP contribution in [0.1, 0.15) is 30.9 Å². The van der Waals surface area contributed by atoms with E-state index >= 15 is 0 Å². The number of anilines is 1. The Hall–Kier alpha value is -2.73. The van der Waals surface area contributed by atoms with Gasteiger partial charge in [0.2, 0.25) is 0 Å². The molecule has 2 aromatic heterocycles. The Balaban J connectivity index is 1.69. The van der Waals surface area contributed by atoms with E-state index < -0.39 is 0 Å². The van der Waals surface area contributed by atoms with Gasteiger partial charge < -0.3 is 5.32 Å². The molecule has 0 aliphatic carbocycles. The second-order valence-corrected chi connectivity index (χ2v) is 7.84. The number of aromatic nitrogens is 3. The van der Waals surface area contributed by atoms with E-state index in [2.05, 4.69) is 69.4 Å². The van der Waals surface area contributed by atoms with Crippen molar-refractivity contribution in [2.24, 2.45) is 0 Å². The summed E-state index contributed by atoms with van der Waals surface area (Å²) in [6, 6.07) is 17.0. The minimum absolute atomic E-state index is 0.301. The molecule has 2 aromatic carbocycles. The zero-order chi connectivity index (χ0) is 19.7. The van der Waals surface area contributed by atoms with E-state index in [4.69, 9.17) is 0 Å². The van der Waals surface area contributed by atoms with Crippen molar-refractivity contribution in [3.8, 4) is 11.3 Å². The summed E-state index contributed by atoms with van der Waals surface area (Å²) in [5.74, 6) is 0.957. The molecular formula is C22H20BrFN4. The summed E-state index contributed by atoms with van der Waals surface area (Å²) in [6.07, 6.45) is 1.69. The minimum Gasteiger partial charge on any atom is -0.366 e. The van der Waals surface area contributed by atoms with E-state index in [1.165, 1.54) is 11.6 Å². The third kappa shape index (κ3) is 3.64. The fourth-order valence-electron chi connectivity index (χ4n) is 3.08. The van der Waals surface area contributed by atoms with Crippen molar-refractivity contribution in [2.45, 2.75) is 26.3 Å². The number of nitrogens with zero attached hydrogens (tertiary/aromatic N) is 3. The van der Waals surface area contributed by atoms with Crippen LogP contribution in [0.25, 0.3) is 16.9 Å². The third-order valence-corrected chi connectivity index (χ3v) is 5.26. The van der Waals surface area contributed by atoms with Gasteiger partial charge in [-0.15, -0.1) is 0 Å². The molecule has 1 N–H and O–H groups in total. The monoisotopic (exact) mass is 438 g/mol. The topological polar surface area (TPSA) is 42.2 Å². The van der Waals surface area contributed by atoms with Gasteiger partial charge >= 0.3 is 0 Å². The van der Waals surface area contributed by atoms with Crippen LogP contribution in [-0.2, 0) is 6.54 Å². The Bertz CT molecular complexity index is 1120. The Morgan fingerprint density at radius 2 is 1.86 bits per heavy atom. The summed E-state index contributed by atoms with van der Waals surface area (Å²) in [6.45, 7) is 4.99.